The van der Waals surface area contributed by atoms with Crippen LogP contribution in [-0.2, 0) is 4.79 Å². The van der Waals surface area contributed by atoms with Crippen molar-refractivity contribution in [2.24, 2.45) is 0 Å². The number of hydrogen-bond acceptors (Lipinski definition) is 3. The number of carbonyl (C=O) groups excluding carboxylic acids is 2. The molecule has 0 aliphatic carbocycles. The van der Waals surface area contributed by atoms with Crippen LogP contribution in [0.25, 0.3) is 5.69 Å². The Bertz CT molecular complexity index is 619. The van der Waals surface area contributed by atoms with Gasteiger partial charge in [0.2, 0.25) is 5.91 Å². The minimum Gasteiger partial charge on any atom is -0.296 e. The molecule has 96 valence electrons. The van der Waals surface area contributed by atoms with Crippen molar-refractivity contribution in [3.63, 3.8) is 0 Å². The zero-order valence-electron chi connectivity index (χ0n) is 10.3. The average Bonchev–Trinajstić information content (AvgIpc) is 3.05. The summed E-state index contributed by atoms with van der Waals surface area (Å²) in [5.74, 6) is 0.921. The van der Waals surface area contributed by atoms with E-state index >= 15 is 0 Å². The first-order chi connectivity index (χ1) is 9.29. The van der Waals surface area contributed by atoms with Crippen molar-refractivity contribution in [2.75, 3.05) is 11.4 Å². The SMILES string of the molecule is O=Cc1nc(N2CCCC2=O)cn1-c1ccccc1. The molecule has 0 radical (unpaired) electrons. The molecule has 3 rings (SSSR count). The standard InChI is InChI=1S/C14H13N3O2/c18-10-13-15-12(16-8-4-7-14(16)19)9-17(13)11-5-2-1-3-6-11/h1-3,5-6,9-10H,4,7-8H2. The molecule has 0 unspecified atom stereocenters. The number of para-hydroxylation sites is 1. The molecule has 1 aromatic heterocycles. The third-order valence-corrected chi connectivity index (χ3v) is 3.21. The number of aromatic nitrogens is 2. The van der Waals surface area contributed by atoms with Gasteiger partial charge in [0.05, 0.1) is 6.20 Å². The number of aldehydes is 1. The van der Waals surface area contributed by atoms with E-state index in [4.69, 9.17) is 0 Å². The molecule has 2 heterocycles. The number of carbonyl (C=O) groups is 2. The lowest BCUT2D eigenvalue weighted by atomic mass is 10.3. The van der Waals surface area contributed by atoms with Gasteiger partial charge in [0.25, 0.3) is 0 Å². The summed E-state index contributed by atoms with van der Waals surface area (Å²) >= 11 is 0. The lowest BCUT2D eigenvalue weighted by Crippen LogP contribution is -2.23. The summed E-state index contributed by atoms with van der Waals surface area (Å²) in [6, 6.07) is 9.48. The predicted octanol–water partition coefficient (Wildman–Crippen LogP) is 1.81. The van der Waals surface area contributed by atoms with Crippen LogP contribution in [-0.4, -0.2) is 28.3 Å². The second-order valence-electron chi connectivity index (χ2n) is 4.43. The zero-order chi connectivity index (χ0) is 13.2. The summed E-state index contributed by atoms with van der Waals surface area (Å²) in [5.41, 5.74) is 0.856. The van der Waals surface area contributed by atoms with Crippen LogP contribution in [0.1, 0.15) is 23.5 Å². The molecular formula is C14H13N3O2. The zero-order valence-corrected chi connectivity index (χ0v) is 10.3. The molecule has 1 aliphatic rings. The third kappa shape index (κ3) is 2.03. The van der Waals surface area contributed by atoms with Crippen LogP contribution >= 0.6 is 0 Å². The summed E-state index contributed by atoms with van der Waals surface area (Å²) in [4.78, 5) is 28.7. The first-order valence-electron chi connectivity index (χ1n) is 6.20. The van der Waals surface area contributed by atoms with Crippen molar-refractivity contribution in [1.82, 2.24) is 9.55 Å². The molecule has 1 fully saturated rings. The normalized spacial score (nSPS) is 14.9. The van der Waals surface area contributed by atoms with Crippen LogP contribution in [0.4, 0.5) is 5.82 Å². The van der Waals surface area contributed by atoms with Gasteiger partial charge in [-0.1, -0.05) is 18.2 Å². The third-order valence-electron chi connectivity index (χ3n) is 3.21. The first kappa shape index (κ1) is 11.6. The van der Waals surface area contributed by atoms with Gasteiger partial charge in [0.15, 0.2) is 17.9 Å². The molecular weight excluding hydrogens is 242 g/mol. The van der Waals surface area contributed by atoms with Crippen molar-refractivity contribution < 1.29 is 9.59 Å². The topological polar surface area (TPSA) is 55.2 Å². The fourth-order valence-corrected chi connectivity index (χ4v) is 2.28. The Kier molecular flexibility index (Phi) is 2.87. The fraction of sp³-hybridized carbons (Fsp3) is 0.214. The quantitative estimate of drug-likeness (QED) is 0.786. The van der Waals surface area contributed by atoms with Crippen LogP contribution in [0, 0.1) is 0 Å². The second kappa shape index (κ2) is 4.68. The summed E-state index contributed by atoms with van der Waals surface area (Å²) < 4.78 is 1.70. The maximum Gasteiger partial charge on any atom is 0.228 e. The van der Waals surface area contributed by atoms with E-state index in [-0.39, 0.29) is 5.91 Å². The number of imidazole rings is 1. The van der Waals surface area contributed by atoms with Crippen molar-refractivity contribution in [2.45, 2.75) is 12.8 Å². The van der Waals surface area contributed by atoms with Crippen molar-refractivity contribution in [3.05, 3.63) is 42.4 Å². The minimum atomic E-state index is 0.0650. The molecule has 0 N–H and O–H groups in total. The highest BCUT2D eigenvalue weighted by molar-refractivity contribution is 5.94. The lowest BCUT2D eigenvalue weighted by molar-refractivity contribution is -0.117. The molecule has 5 heteroatoms. The Labute approximate surface area is 110 Å². The highest BCUT2D eigenvalue weighted by Crippen LogP contribution is 2.22. The lowest BCUT2D eigenvalue weighted by Gasteiger charge is -2.10. The fourth-order valence-electron chi connectivity index (χ4n) is 2.28. The van der Waals surface area contributed by atoms with Crippen LogP contribution in [0.2, 0.25) is 0 Å². The van der Waals surface area contributed by atoms with Gasteiger partial charge in [-0.3, -0.25) is 19.1 Å². The van der Waals surface area contributed by atoms with Gasteiger partial charge in [0.1, 0.15) is 0 Å². The smallest absolute Gasteiger partial charge is 0.228 e. The molecule has 1 amide bonds. The molecule has 5 nitrogen and oxygen atoms in total. The molecule has 2 aromatic rings. The number of hydrogen-bond donors (Lipinski definition) is 0. The first-order valence-corrected chi connectivity index (χ1v) is 6.20. The molecule has 1 aliphatic heterocycles. The number of amides is 1. The van der Waals surface area contributed by atoms with Gasteiger partial charge in [-0.25, -0.2) is 4.98 Å². The number of rotatable bonds is 3. The van der Waals surface area contributed by atoms with Gasteiger partial charge in [-0.05, 0) is 18.6 Å². The maximum absolute atomic E-state index is 11.7. The summed E-state index contributed by atoms with van der Waals surface area (Å²) in [7, 11) is 0. The summed E-state index contributed by atoms with van der Waals surface area (Å²) in [6.07, 6.45) is 3.83. The Balaban J connectivity index is 2.04. The molecule has 1 aromatic carbocycles. The molecule has 0 bridgehead atoms. The minimum absolute atomic E-state index is 0.0650. The summed E-state index contributed by atoms with van der Waals surface area (Å²) in [6.45, 7) is 0.670. The van der Waals surface area contributed by atoms with E-state index in [2.05, 4.69) is 4.98 Å². The maximum atomic E-state index is 11.7. The van der Waals surface area contributed by atoms with Gasteiger partial charge < -0.3 is 0 Å². The molecule has 0 spiro atoms. The van der Waals surface area contributed by atoms with Crippen LogP contribution in [0.15, 0.2) is 36.5 Å². The Morgan fingerprint density at radius 2 is 2.00 bits per heavy atom. The monoisotopic (exact) mass is 255 g/mol. The average molecular weight is 255 g/mol. The van der Waals surface area contributed by atoms with E-state index < -0.39 is 0 Å². The molecule has 0 saturated carbocycles. The van der Waals surface area contributed by atoms with E-state index in [1.807, 2.05) is 30.3 Å². The highest BCUT2D eigenvalue weighted by atomic mass is 16.2. The number of nitrogens with zero attached hydrogens (tertiary/aromatic N) is 3. The number of anilines is 1. The van der Waals surface area contributed by atoms with E-state index in [1.165, 1.54) is 0 Å². The Morgan fingerprint density at radius 3 is 2.63 bits per heavy atom. The van der Waals surface area contributed by atoms with Crippen molar-refractivity contribution in [1.29, 1.82) is 0 Å². The van der Waals surface area contributed by atoms with E-state index in [1.54, 1.807) is 15.7 Å². The molecule has 19 heavy (non-hydrogen) atoms. The van der Waals surface area contributed by atoms with Crippen molar-refractivity contribution in [3.8, 4) is 5.69 Å². The highest BCUT2D eigenvalue weighted by Gasteiger charge is 2.24. The van der Waals surface area contributed by atoms with Gasteiger partial charge in [-0.15, -0.1) is 0 Å². The van der Waals surface area contributed by atoms with E-state index in [0.29, 0.717) is 30.9 Å². The van der Waals surface area contributed by atoms with Crippen LogP contribution in [0.5, 0.6) is 0 Å². The summed E-state index contributed by atoms with van der Waals surface area (Å²) in [5, 5.41) is 0. The largest absolute Gasteiger partial charge is 0.296 e. The molecule has 1 saturated heterocycles. The predicted molar refractivity (Wildman–Crippen MR) is 70.5 cm³/mol. The van der Waals surface area contributed by atoms with E-state index in [0.717, 1.165) is 12.1 Å². The second-order valence-corrected chi connectivity index (χ2v) is 4.43. The Morgan fingerprint density at radius 1 is 1.21 bits per heavy atom. The van der Waals surface area contributed by atoms with E-state index in [9.17, 15) is 9.59 Å². The van der Waals surface area contributed by atoms with Crippen LogP contribution in [0.3, 0.4) is 0 Å². The van der Waals surface area contributed by atoms with Crippen molar-refractivity contribution >= 4 is 18.0 Å². The van der Waals surface area contributed by atoms with Gasteiger partial charge in [-0.2, -0.15) is 0 Å². The molecule has 0 atom stereocenters. The van der Waals surface area contributed by atoms with Gasteiger partial charge in [0, 0.05) is 18.7 Å². The van der Waals surface area contributed by atoms with Gasteiger partial charge >= 0.3 is 0 Å². The Hall–Kier alpha value is -2.43. The number of benzene rings is 1. The van der Waals surface area contributed by atoms with Crippen LogP contribution < -0.4 is 4.90 Å².